The number of hydrogen-bond donors (Lipinski definition) is 3. The third-order valence-electron chi connectivity index (χ3n) is 4.05. The number of hydrogen-bond acceptors (Lipinski definition) is 5. The van der Waals surface area contributed by atoms with E-state index in [2.05, 4.69) is 15.6 Å². The Labute approximate surface area is 149 Å². The molecule has 3 atom stereocenters. The Morgan fingerprint density at radius 3 is 2.76 bits per heavy atom. The highest BCUT2D eigenvalue weighted by Crippen LogP contribution is 2.40. The Hall–Kier alpha value is -1.36. The van der Waals surface area contributed by atoms with E-state index in [0.717, 1.165) is 4.57 Å². The van der Waals surface area contributed by atoms with Crippen molar-refractivity contribution in [3.8, 4) is 0 Å². The molecule has 1 unspecified atom stereocenters. The molecule has 2 heterocycles. The molecule has 0 bridgehead atoms. The molecule has 25 heavy (non-hydrogen) atoms. The normalized spacial score (nSPS) is 23.4. The minimum absolute atomic E-state index is 0. The Balaban J connectivity index is 0.00000312. The first kappa shape index (κ1) is 21.7. The molecule has 7 nitrogen and oxygen atoms in total. The van der Waals surface area contributed by atoms with E-state index in [1.807, 2.05) is 0 Å². The van der Waals surface area contributed by atoms with Gasteiger partial charge in [0.25, 0.3) is 0 Å². The molecule has 1 amide bonds. The highest BCUT2D eigenvalue weighted by atomic mass is 35.5. The standard InChI is InChI=1S/C14H21F3N4O3.ClH/c1-9-10(18-6-8-24-9)11(22)19-4-3-13(23,14(15,16)17)12-20-5-7-21(12)2;/h5,7,9-10,18,23H,3-4,6,8H2,1-2H3,(H,19,22);1H/t9-,10+,13?;/m1./s1. The van der Waals surface area contributed by atoms with Gasteiger partial charge in [-0.3, -0.25) is 4.79 Å². The fourth-order valence-electron chi connectivity index (χ4n) is 2.65. The van der Waals surface area contributed by atoms with E-state index in [1.54, 1.807) is 6.92 Å². The van der Waals surface area contributed by atoms with Crippen LogP contribution in [0.15, 0.2) is 12.4 Å². The minimum Gasteiger partial charge on any atom is -0.375 e. The number of ether oxygens (including phenoxy) is 1. The Bertz CT molecular complexity index is 584. The lowest BCUT2D eigenvalue weighted by Crippen LogP contribution is -2.56. The van der Waals surface area contributed by atoms with E-state index in [1.165, 1.54) is 19.4 Å². The number of carbonyl (C=O) groups excluding carboxylic acids is 1. The number of halogens is 4. The first-order chi connectivity index (χ1) is 11.2. The molecule has 0 aliphatic carbocycles. The van der Waals surface area contributed by atoms with Crippen molar-refractivity contribution < 1.29 is 27.8 Å². The number of alkyl halides is 3. The topological polar surface area (TPSA) is 88.4 Å². The second kappa shape index (κ2) is 8.35. The van der Waals surface area contributed by atoms with E-state index < -0.39 is 36.0 Å². The number of imidazole rings is 1. The van der Waals surface area contributed by atoms with Crippen molar-refractivity contribution in [3.05, 3.63) is 18.2 Å². The SMILES string of the molecule is C[C@H]1OCCN[C@@H]1C(=O)NCCC(O)(c1nccn1C)C(F)(F)F.Cl. The molecule has 1 saturated heterocycles. The fourth-order valence-corrected chi connectivity index (χ4v) is 2.65. The predicted molar refractivity (Wildman–Crippen MR) is 85.2 cm³/mol. The second-order valence-electron chi connectivity index (χ2n) is 5.77. The predicted octanol–water partition coefficient (Wildman–Crippen LogP) is 0.475. The molecule has 0 saturated carbocycles. The summed E-state index contributed by atoms with van der Waals surface area (Å²) < 4.78 is 46.4. The van der Waals surface area contributed by atoms with Crippen molar-refractivity contribution in [1.82, 2.24) is 20.2 Å². The van der Waals surface area contributed by atoms with E-state index in [0.29, 0.717) is 13.2 Å². The maximum atomic E-state index is 13.3. The van der Waals surface area contributed by atoms with Gasteiger partial charge >= 0.3 is 6.18 Å². The van der Waals surface area contributed by atoms with Crippen molar-refractivity contribution in [1.29, 1.82) is 0 Å². The third-order valence-corrected chi connectivity index (χ3v) is 4.05. The lowest BCUT2D eigenvalue weighted by molar-refractivity contribution is -0.272. The van der Waals surface area contributed by atoms with Gasteiger partial charge in [0.15, 0.2) is 0 Å². The third kappa shape index (κ3) is 4.63. The summed E-state index contributed by atoms with van der Waals surface area (Å²) in [5, 5.41) is 15.5. The zero-order valence-corrected chi connectivity index (χ0v) is 14.7. The van der Waals surface area contributed by atoms with Gasteiger partial charge in [-0.05, 0) is 6.92 Å². The highest BCUT2D eigenvalue weighted by Gasteiger charge is 2.57. The van der Waals surface area contributed by atoms with E-state index in [4.69, 9.17) is 4.74 Å². The van der Waals surface area contributed by atoms with Crippen LogP contribution in [0.4, 0.5) is 13.2 Å². The van der Waals surface area contributed by atoms with Crippen LogP contribution in [-0.4, -0.2) is 58.6 Å². The number of amides is 1. The van der Waals surface area contributed by atoms with Crippen LogP contribution in [0.1, 0.15) is 19.2 Å². The Morgan fingerprint density at radius 2 is 2.24 bits per heavy atom. The van der Waals surface area contributed by atoms with Gasteiger partial charge in [-0.2, -0.15) is 13.2 Å². The molecule has 1 fully saturated rings. The largest absolute Gasteiger partial charge is 0.424 e. The summed E-state index contributed by atoms with van der Waals surface area (Å²) in [4.78, 5) is 15.7. The average Bonchev–Trinajstić information content (AvgIpc) is 2.92. The summed E-state index contributed by atoms with van der Waals surface area (Å²) in [5.41, 5.74) is -3.14. The van der Waals surface area contributed by atoms with Gasteiger partial charge < -0.3 is 25.0 Å². The van der Waals surface area contributed by atoms with Crippen LogP contribution in [0.5, 0.6) is 0 Å². The molecule has 1 aliphatic rings. The molecule has 1 aromatic heterocycles. The highest BCUT2D eigenvalue weighted by molar-refractivity contribution is 5.85. The first-order valence-electron chi connectivity index (χ1n) is 7.56. The fraction of sp³-hybridized carbons (Fsp3) is 0.714. The number of rotatable bonds is 5. The second-order valence-corrected chi connectivity index (χ2v) is 5.77. The summed E-state index contributed by atoms with van der Waals surface area (Å²) in [6, 6.07) is -0.633. The summed E-state index contributed by atoms with van der Waals surface area (Å²) >= 11 is 0. The van der Waals surface area contributed by atoms with Gasteiger partial charge in [-0.25, -0.2) is 4.98 Å². The van der Waals surface area contributed by atoms with Crippen LogP contribution in [-0.2, 0) is 22.2 Å². The number of nitrogens with one attached hydrogen (secondary N) is 2. The van der Waals surface area contributed by atoms with Gasteiger partial charge in [0, 0.05) is 39.0 Å². The van der Waals surface area contributed by atoms with E-state index >= 15 is 0 Å². The van der Waals surface area contributed by atoms with Crippen molar-refractivity contribution in [2.24, 2.45) is 7.05 Å². The lowest BCUT2D eigenvalue weighted by atomic mass is 9.97. The quantitative estimate of drug-likeness (QED) is 0.685. The number of carbonyl (C=O) groups is 1. The van der Waals surface area contributed by atoms with Crippen molar-refractivity contribution in [2.75, 3.05) is 19.7 Å². The van der Waals surface area contributed by atoms with Crippen LogP contribution in [0.3, 0.4) is 0 Å². The number of nitrogens with zero attached hydrogens (tertiary/aromatic N) is 2. The Kier molecular flexibility index (Phi) is 7.24. The van der Waals surface area contributed by atoms with Gasteiger partial charge in [0.2, 0.25) is 11.5 Å². The van der Waals surface area contributed by atoms with Crippen molar-refractivity contribution in [3.63, 3.8) is 0 Å². The summed E-state index contributed by atoms with van der Waals surface area (Å²) in [6.45, 7) is 2.31. The number of aryl methyl sites for hydroxylation is 1. The average molecular weight is 387 g/mol. The zero-order chi connectivity index (χ0) is 18.0. The van der Waals surface area contributed by atoms with Crippen LogP contribution in [0, 0.1) is 0 Å². The monoisotopic (exact) mass is 386 g/mol. The summed E-state index contributed by atoms with van der Waals surface area (Å²) in [5.74, 6) is -0.983. The first-order valence-corrected chi connectivity index (χ1v) is 7.56. The smallest absolute Gasteiger partial charge is 0.375 e. The molecule has 144 valence electrons. The number of aromatic nitrogens is 2. The zero-order valence-electron chi connectivity index (χ0n) is 13.8. The van der Waals surface area contributed by atoms with Gasteiger partial charge in [-0.15, -0.1) is 12.4 Å². The van der Waals surface area contributed by atoms with Crippen LogP contribution >= 0.6 is 12.4 Å². The lowest BCUT2D eigenvalue weighted by Gasteiger charge is -2.31. The molecule has 3 N–H and O–H groups in total. The van der Waals surface area contributed by atoms with Crippen LogP contribution in [0.2, 0.25) is 0 Å². The Morgan fingerprint density at radius 1 is 1.56 bits per heavy atom. The molecular formula is C14H22ClF3N4O3. The van der Waals surface area contributed by atoms with Crippen LogP contribution in [0.25, 0.3) is 0 Å². The summed E-state index contributed by atoms with van der Waals surface area (Å²) in [7, 11) is 1.36. The van der Waals surface area contributed by atoms with E-state index in [-0.39, 0.29) is 25.1 Å². The minimum atomic E-state index is -4.92. The molecule has 11 heteroatoms. The van der Waals surface area contributed by atoms with Crippen LogP contribution < -0.4 is 10.6 Å². The molecule has 0 aromatic carbocycles. The van der Waals surface area contributed by atoms with Gasteiger partial charge in [0.05, 0.1) is 12.7 Å². The van der Waals surface area contributed by atoms with Crippen molar-refractivity contribution in [2.45, 2.75) is 37.3 Å². The number of aliphatic hydroxyl groups is 1. The van der Waals surface area contributed by atoms with Gasteiger partial charge in [0.1, 0.15) is 11.9 Å². The molecule has 0 radical (unpaired) electrons. The number of morpholine rings is 1. The molecular weight excluding hydrogens is 365 g/mol. The molecule has 2 rings (SSSR count). The molecule has 0 spiro atoms. The van der Waals surface area contributed by atoms with Crippen molar-refractivity contribution >= 4 is 18.3 Å². The van der Waals surface area contributed by atoms with Gasteiger partial charge in [-0.1, -0.05) is 0 Å². The van der Waals surface area contributed by atoms with E-state index in [9.17, 15) is 23.1 Å². The molecule has 1 aliphatic heterocycles. The molecule has 1 aromatic rings. The summed E-state index contributed by atoms with van der Waals surface area (Å²) in [6.07, 6.45) is -3.55. The maximum absolute atomic E-state index is 13.3. The maximum Gasteiger partial charge on any atom is 0.424 e.